The number of nitrogens with one attached hydrogen (secondary N) is 1. The number of amides is 1. The smallest absolute Gasteiger partial charge is 0.240 e. The van der Waals surface area contributed by atoms with Gasteiger partial charge in [-0.15, -0.1) is 0 Å². The molecule has 118 valence electrons. The van der Waals surface area contributed by atoms with Gasteiger partial charge in [-0.05, 0) is 44.9 Å². The molecule has 1 aromatic rings. The van der Waals surface area contributed by atoms with E-state index in [1.807, 2.05) is 32.0 Å². The van der Waals surface area contributed by atoms with Gasteiger partial charge in [-0.1, -0.05) is 13.0 Å². The van der Waals surface area contributed by atoms with Gasteiger partial charge in [-0.2, -0.15) is 0 Å². The molecule has 3 N–H and O–H groups in total. The highest BCUT2D eigenvalue weighted by Crippen LogP contribution is 2.29. The Bertz CT molecular complexity index is 488. The monoisotopic (exact) mass is 294 g/mol. The van der Waals surface area contributed by atoms with Crippen molar-refractivity contribution in [3.05, 3.63) is 23.8 Å². The maximum absolute atomic E-state index is 11.7. The summed E-state index contributed by atoms with van der Waals surface area (Å²) in [6.45, 7) is 7.87. The summed E-state index contributed by atoms with van der Waals surface area (Å²) in [5.74, 6) is 0.818. The summed E-state index contributed by atoms with van der Waals surface area (Å²) in [5.41, 5.74) is 5.72. The van der Waals surface area contributed by atoms with Crippen LogP contribution < -0.4 is 20.5 Å². The standard InChI is InChI=1S/C16H26N2O3/c1-6-12-7-8-13(14(9-12)20-5)21-10-16(4,15(17)19)18-11(2)3/h7-9,11,18H,6,10H2,1-5H3,(H2,17,19). The molecule has 0 saturated carbocycles. The predicted octanol–water partition coefficient (Wildman–Crippen LogP) is 1.88. The van der Waals surface area contributed by atoms with E-state index in [4.69, 9.17) is 15.2 Å². The van der Waals surface area contributed by atoms with Crippen molar-refractivity contribution < 1.29 is 14.3 Å². The minimum absolute atomic E-state index is 0.121. The molecule has 21 heavy (non-hydrogen) atoms. The Balaban J connectivity index is 2.87. The summed E-state index contributed by atoms with van der Waals surface area (Å²) in [7, 11) is 1.60. The third-order valence-electron chi connectivity index (χ3n) is 3.30. The number of aryl methyl sites for hydroxylation is 1. The summed E-state index contributed by atoms with van der Waals surface area (Å²) in [6, 6.07) is 5.90. The van der Waals surface area contributed by atoms with Crippen molar-refractivity contribution in [3.63, 3.8) is 0 Å². The van der Waals surface area contributed by atoms with Gasteiger partial charge in [0.15, 0.2) is 11.5 Å². The Morgan fingerprint density at radius 2 is 2.05 bits per heavy atom. The van der Waals surface area contributed by atoms with E-state index in [-0.39, 0.29) is 12.6 Å². The first-order chi connectivity index (χ1) is 9.82. The molecule has 0 radical (unpaired) electrons. The molecule has 1 rings (SSSR count). The molecule has 5 nitrogen and oxygen atoms in total. The van der Waals surface area contributed by atoms with Crippen LogP contribution >= 0.6 is 0 Å². The van der Waals surface area contributed by atoms with Gasteiger partial charge in [-0.25, -0.2) is 0 Å². The van der Waals surface area contributed by atoms with Gasteiger partial charge in [0.2, 0.25) is 5.91 Å². The Morgan fingerprint density at radius 3 is 2.52 bits per heavy atom. The molecular formula is C16H26N2O3. The normalized spacial score (nSPS) is 13.8. The topological polar surface area (TPSA) is 73.6 Å². The van der Waals surface area contributed by atoms with E-state index in [9.17, 15) is 4.79 Å². The van der Waals surface area contributed by atoms with Gasteiger partial charge in [0.25, 0.3) is 0 Å². The van der Waals surface area contributed by atoms with Crippen molar-refractivity contribution in [2.45, 2.75) is 45.7 Å². The van der Waals surface area contributed by atoms with Crippen LogP contribution in [0.15, 0.2) is 18.2 Å². The summed E-state index contributed by atoms with van der Waals surface area (Å²) in [6.07, 6.45) is 0.921. The largest absolute Gasteiger partial charge is 0.493 e. The van der Waals surface area contributed by atoms with E-state index in [1.54, 1.807) is 14.0 Å². The highest BCUT2D eigenvalue weighted by atomic mass is 16.5. The summed E-state index contributed by atoms with van der Waals surface area (Å²) in [5, 5.41) is 3.15. The minimum Gasteiger partial charge on any atom is -0.493 e. The number of nitrogens with two attached hydrogens (primary N) is 1. The van der Waals surface area contributed by atoms with Gasteiger partial charge >= 0.3 is 0 Å². The van der Waals surface area contributed by atoms with Crippen molar-refractivity contribution in [1.82, 2.24) is 5.32 Å². The van der Waals surface area contributed by atoms with E-state index < -0.39 is 11.4 Å². The number of benzene rings is 1. The fourth-order valence-electron chi connectivity index (χ4n) is 2.09. The van der Waals surface area contributed by atoms with Gasteiger partial charge in [0.1, 0.15) is 12.1 Å². The Labute approximate surface area is 126 Å². The van der Waals surface area contributed by atoms with Gasteiger partial charge in [-0.3, -0.25) is 10.1 Å². The highest BCUT2D eigenvalue weighted by Gasteiger charge is 2.32. The number of primary amides is 1. The van der Waals surface area contributed by atoms with Crippen LogP contribution in [0.1, 0.15) is 33.3 Å². The van der Waals surface area contributed by atoms with Crippen LogP contribution in [0, 0.1) is 0 Å². The number of hydrogen-bond donors (Lipinski definition) is 2. The maximum atomic E-state index is 11.7. The summed E-state index contributed by atoms with van der Waals surface area (Å²) >= 11 is 0. The molecule has 0 aliphatic heterocycles. The highest BCUT2D eigenvalue weighted by molar-refractivity contribution is 5.84. The van der Waals surface area contributed by atoms with Crippen molar-refractivity contribution >= 4 is 5.91 Å². The number of rotatable bonds is 8. The molecule has 0 aromatic heterocycles. The number of carbonyl (C=O) groups excluding carboxylic acids is 1. The van der Waals surface area contributed by atoms with Crippen LogP contribution in [0.4, 0.5) is 0 Å². The third-order valence-corrected chi connectivity index (χ3v) is 3.30. The fourth-order valence-corrected chi connectivity index (χ4v) is 2.09. The van der Waals surface area contributed by atoms with Crippen molar-refractivity contribution in [2.24, 2.45) is 5.73 Å². The second-order valence-electron chi connectivity index (χ2n) is 5.62. The summed E-state index contributed by atoms with van der Waals surface area (Å²) < 4.78 is 11.1. The second kappa shape index (κ2) is 7.31. The van der Waals surface area contributed by atoms with E-state index in [2.05, 4.69) is 12.2 Å². The van der Waals surface area contributed by atoms with Crippen LogP contribution in [-0.2, 0) is 11.2 Å². The third kappa shape index (κ3) is 4.63. The Kier molecular flexibility index (Phi) is 6.03. The van der Waals surface area contributed by atoms with Crippen LogP contribution in [0.3, 0.4) is 0 Å². The van der Waals surface area contributed by atoms with Crippen LogP contribution in [-0.4, -0.2) is 31.2 Å². The molecule has 0 aliphatic carbocycles. The lowest BCUT2D eigenvalue weighted by Gasteiger charge is -2.29. The predicted molar refractivity (Wildman–Crippen MR) is 83.7 cm³/mol. The fraction of sp³-hybridized carbons (Fsp3) is 0.562. The molecule has 1 amide bonds. The molecule has 0 fully saturated rings. The van der Waals surface area contributed by atoms with E-state index in [1.165, 1.54) is 0 Å². The number of carbonyl (C=O) groups is 1. The first-order valence-corrected chi connectivity index (χ1v) is 7.19. The lowest BCUT2D eigenvalue weighted by atomic mass is 10.0. The van der Waals surface area contributed by atoms with Crippen molar-refractivity contribution in [3.8, 4) is 11.5 Å². The van der Waals surface area contributed by atoms with Crippen molar-refractivity contribution in [2.75, 3.05) is 13.7 Å². The zero-order chi connectivity index (χ0) is 16.0. The van der Waals surface area contributed by atoms with Gasteiger partial charge in [0, 0.05) is 6.04 Å². The Hall–Kier alpha value is -1.75. The average molecular weight is 294 g/mol. The maximum Gasteiger partial charge on any atom is 0.240 e. The molecule has 0 heterocycles. The van der Waals surface area contributed by atoms with Gasteiger partial charge < -0.3 is 15.2 Å². The average Bonchev–Trinajstić information content (AvgIpc) is 2.44. The Morgan fingerprint density at radius 1 is 1.38 bits per heavy atom. The van der Waals surface area contributed by atoms with Crippen LogP contribution in [0.2, 0.25) is 0 Å². The lowest BCUT2D eigenvalue weighted by Crippen LogP contribution is -2.59. The number of methoxy groups -OCH3 is 1. The molecule has 1 unspecified atom stereocenters. The van der Waals surface area contributed by atoms with Crippen LogP contribution in [0.5, 0.6) is 11.5 Å². The SMILES string of the molecule is CCc1ccc(OCC(C)(NC(C)C)C(N)=O)c(OC)c1. The number of hydrogen-bond acceptors (Lipinski definition) is 4. The van der Waals surface area contributed by atoms with Crippen molar-refractivity contribution in [1.29, 1.82) is 0 Å². The zero-order valence-electron chi connectivity index (χ0n) is 13.5. The van der Waals surface area contributed by atoms with E-state index in [0.29, 0.717) is 11.5 Å². The first kappa shape index (κ1) is 17.3. The molecule has 0 bridgehead atoms. The lowest BCUT2D eigenvalue weighted by molar-refractivity contribution is -0.125. The number of ether oxygens (including phenoxy) is 2. The van der Waals surface area contributed by atoms with Crippen LogP contribution in [0.25, 0.3) is 0 Å². The first-order valence-electron chi connectivity index (χ1n) is 7.19. The minimum atomic E-state index is -0.928. The quantitative estimate of drug-likeness (QED) is 0.768. The second-order valence-corrected chi connectivity index (χ2v) is 5.62. The molecule has 1 aromatic carbocycles. The molecular weight excluding hydrogens is 268 g/mol. The zero-order valence-corrected chi connectivity index (χ0v) is 13.5. The molecule has 0 spiro atoms. The molecule has 1 atom stereocenters. The molecule has 0 saturated heterocycles. The molecule has 0 aliphatic rings. The molecule has 5 heteroatoms. The van der Waals surface area contributed by atoms with Gasteiger partial charge in [0.05, 0.1) is 7.11 Å². The summed E-state index contributed by atoms with van der Waals surface area (Å²) in [4.78, 5) is 11.7. The van der Waals surface area contributed by atoms with E-state index in [0.717, 1.165) is 12.0 Å². The van der Waals surface area contributed by atoms with E-state index >= 15 is 0 Å².